The second kappa shape index (κ2) is 8.57. The Morgan fingerprint density at radius 3 is 2.31 bits per heavy atom. The van der Waals surface area contributed by atoms with Gasteiger partial charge in [-0.3, -0.25) is 5.10 Å². The minimum atomic E-state index is -4.59. The fraction of sp³-hybridized carbons (Fsp3) is 0.158. The molecule has 0 aliphatic carbocycles. The third-order valence-corrected chi connectivity index (χ3v) is 5.64. The van der Waals surface area contributed by atoms with Crippen LogP contribution < -0.4 is 4.74 Å². The first-order valence-electron chi connectivity index (χ1n) is 8.05. The van der Waals surface area contributed by atoms with Crippen LogP contribution in [0.15, 0.2) is 41.4 Å². The fourth-order valence-corrected chi connectivity index (χ4v) is 4.14. The van der Waals surface area contributed by atoms with Gasteiger partial charge in [-0.15, -0.1) is 0 Å². The molecule has 0 aliphatic heterocycles. The van der Waals surface area contributed by atoms with E-state index in [4.69, 9.17) is 27.9 Å². The van der Waals surface area contributed by atoms with E-state index in [0.29, 0.717) is 10.8 Å². The van der Waals surface area contributed by atoms with Gasteiger partial charge in [-0.05, 0) is 29.8 Å². The number of aromatic nitrogens is 2. The van der Waals surface area contributed by atoms with Gasteiger partial charge >= 0.3 is 6.18 Å². The van der Waals surface area contributed by atoms with Gasteiger partial charge in [0.25, 0.3) is 0 Å². The van der Waals surface area contributed by atoms with Gasteiger partial charge in [0.2, 0.25) is 0 Å². The summed E-state index contributed by atoms with van der Waals surface area (Å²) in [6, 6.07) is 11.0. The van der Waals surface area contributed by atoms with E-state index in [1.807, 2.05) is 30.3 Å². The number of nitriles is 1. The van der Waals surface area contributed by atoms with Crippen LogP contribution in [-0.2, 0) is 11.9 Å². The molecule has 0 unspecified atom stereocenters. The van der Waals surface area contributed by atoms with E-state index in [0.717, 1.165) is 23.4 Å². The second-order valence-corrected chi connectivity index (χ2v) is 7.62. The molecular formula is C19H12Cl2F3N3OS. The second-order valence-electron chi connectivity index (χ2n) is 5.84. The van der Waals surface area contributed by atoms with E-state index in [-0.39, 0.29) is 26.9 Å². The Hall–Kier alpha value is -2.34. The largest absolute Gasteiger partial charge is 0.497 e. The lowest BCUT2D eigenvalue weighted by Crippen LogP contribution is -2.05. The highest BCUT2D eigenvalue weighted by atomic mass is 35.5. The average Bonchev–Trinajstić information content (AvgIpc) is 3.08. The van der Waals surface area contributed by atoms with E-state index >= 15 is 0 Å². The highest BCUT2D eigenvalue weighted by Gasteiger charge is 2.32. The number of hydrogen-bond acceptors (Lipinski definition) is 4. The van der Waals surface area contributed by atoms with Crippen molar-refractivity contribution in [2.75, 3.05) is 7.11 Å². The number of aromatic amines is 1. The Morgan fingerprint density at radius 2 is 1.79 bits per heavy atom. The number of hydrogen-bond donors (Lipinski definition) is 1. The number of rotatable bonds is 5. The first-order valence-corrected chi connectivity index (χ1v) is 9.79. The van der Waals surface area contributed by atoms with Crippen LogP contribution in [0.25, 0.3) is 11.3 Å². The van der Waals surface area contributed by atoms with Gasteiger partial charge in [0.15, 0.2) is 0 Å². The Labute approximate surface area is 178 Å². The molecule has 0 bridgehead atoms. The van der Waals surface area contributed by atoms with Crippen molar-refractivity contribution in [2.45, 2.75) is 17.0 Å². The van der Waals surface area contributed by atoms with Gasteiger partial charge in [0, 0.05) is 11.3 Å². The molecule has 3 aromatic rings. The quantitative estimate of drug-likeness (QED) is 0.439. The first kappa shape index (κ1) is 21.4. The zero-order valence-corrected chi connectivity index (χ0v) is 17.1. The van der Waals surface area contributed by atoms with Crippen LogP contribution >= 0.6 is 35.0 Å². The number of alkyl halides is 3. The minimum Gasteiger partial charge on any atom is -0.497 e. The zero-order valence-electron chi connectivity index (χ0n) is 14.8. The summed E-state index contributed by atoms with van der Waals surface area (Å²) in [5.74, 6) is 1.25. The van der Waals surface area contributed by atoms with Gasteiger partial charge in [-0.25, -0.2) is 0 Å². The highest BCUT2D eigenvalue weighted by molar-refractivity contribution is 7.98. The van der Waals surface area contributed by atoms with Crippen LogP contribution in [0.2, 0.25) is 10.0 Å². The molecule has 0 saturated carbocycles. The maximum atomic E-state index is 12.9. The molecule has 150 valence electrons. The van der Waals surface area contributed by atoms with Crippen LogP contribution in [-0.4, -0.2) is 17.3 Å². The number of benzene rings is 2. The average molecular weight is 458 g/mol. The third kappa shape index (κ3) is 4.64. The molecule has 29 heavy (non-hydrogen) atoms. The first-order chi connectivity index (χ1) is 13.7. The lowest BCUT2D eigenvalue weighted by molar-refractivity contribution is -0.137. The molecular weight excluding hydrogens is 446 g/mol. The zero-order chi connectivity index (χ0) is 21.2. The Morgan fingerprint density at radius 1 is 1.17 bits per heavy atom. The van der Waals surface area contributed by atoms with Crippen molar-refractivity contribution in [1.82, 2.24) is 10.2 Å². The topological polar surface area (TPSA) is 61.7 Å². The summed E-state index contributed by atoms with van der Waals surface area (Å²) < 4.78 is 43.9. The minimum absolute atomic E-state index is 0.0988. The van der Waals surface area contributed by atoms with Crippen molar-refractivity contribution in [1.29, 1.82) is 5.26 Å². The van der Waals surface area contributed by atoms with Crippen LogP contribution in [0, 0.1) is 11.3 Å². The molecule has 0 spiro atoms. The number of thioether (sulfide) groups is 1. The monoisotopic (exact) mass is 457 g/mol. The lowest BCUT2D eigenvalue weighted by Gasteiger charge is -2.11. The van der Waals surface area contributed by atoms with Crippen molar-refractivity contribution in [3.63, 3.8) is 0 Å². The lowest BCUT2D eigenvalue weighted by atomic mass is 10.1. The molecule has 0 atom stereocenters. The fourth-order valence-electron chi connectivity index (χ4n) is 2.56. The van der Waals surface area contributed by atoms with Crippen molar-refractivity contribution in [2.24, 2.45) is 0 Å². The molecule has 1 N–H and O–H groups in total. The van der Waals surface area contributed by atoms with E-state index in [1.165, 1.54) is 11.8 Å². The molecule has 1 heterocycles. The summed E-state index contributed by atoms with van der Waals surface area (Å²) in [6.07, 6.45) is -4.59. The molecule has 4 nitrogen and oxygen atoms in total. The normalized spacial score (nSPS) is 11.3. The van der Waals surface area contributed by atoms with E-state index in [1.54, 1.807) is 7.11 Å². The molecule has 3 rings (SSSR count). The number of halogens is 5. The molecule has 0 saturated heterocycles. The molecule has 0 radical (unpaired) electrons. The van der Waals surface area contributed by atoms with Crippen LogP contribution in [0.4, 0.5) is 13.2 Å². The summed E-state index contributed by atoms with van der Waals surface area (Å²) in [5.41, 5.74) is 0.445. The summed E-state index contributed by atoms with van der Waals surface area (Å²) in [6.45, 7) is 0. The van der Waals surface area contributed by atoms with Gasteiger partial charge in [-0.2, -0.15) is 23.5 Å². The predicted molar refractivity (Wildman–Crippen MR) is 106 cm³/mol. The molecule has 0 amide bonds. The Bertz CT molecular complexity index is 1050. The summed E-state index contributed by atoms with van der Waals surface area (Å²) in [4.78, 5) is 0. The smallest absolute Gasteiger partial charge is 0.416 e. The van der Waals surface area contributed by atoms with Crippen LogP contribution in [0.5, 0.6) is 5.75 Å². The van der Waals surface area contributed by atoms with E-state index in [9.17, 15) is 18.4 Å². The maximum absolute atomic E-state index is 12.9. The van der Waals surface area contributed by atoms with E-state index in [2.05, 4.69) is 10.2 Å². The molecule has 2 aromatic carbocycles. The number of H-pyrrole nitrogens is 1. The Kier molecular flexibility index (Phi) is 6.32. The van der Waals surface area contributed by atoms with Crippen LogP contribution in [0.3, 0.4) is 0 Å². The summed E-state index contributed by atoms with van der Waals surface area (Å²) in [5, 5.41) is 16.3. The summed E-state index contributed by atoms with van der Waals surface area (Å²) in [7, 11) is 1.58. The number of nitrogens with one attached hydrogen (secondary N) is 1. The third-order valence-electron chi connectivity index (χ3n) is 4.00. The predicted octanol–water partition coefficient (Wildman–Crippen LogP) is 6.57. The van der Waals surface area contributed by atoms with Crippen molar-refractivity contribution >= 4 is 35.0 Å². The van der Waals surface area contributed by atoms with Crippen molar-refractivity contribution in [3.8, 4) is 23.1 Å². The number of ether oxygens (including phenoxy) is 1. The van der Waals surface area contributed by atoms with Crippen molar-refractivity contribution < 1.29 is 17.9 Å². The van der Waals surface area contributed by atoms with Crippen LogP contribution in [0.1, 0.15) is 16.7 Å². The van der Waals surface area contributed by atoms with Gasteiger partial charge in [-0.1, -0.05) is 47.1 Å². The maximum Gasteiger partial charge on any atom is 0.416 e. The molecule has 0 fully saturated rings. The van der Waals surface area contributed by atoms with Gasteiger partial charge in [0.1, 0.15) is 22.4 Å². The molecule has 1 aromatic heterocycles. The van der Waals surface area contributed by atoms with Crippen molar-refractivity contribution in [3.05, 3.63) is 63.1 Å². The van der Waals surface area contributed by atoms with E-state index < -0.39 is 11.7 Å². The summed E-state index contributed by atoms with van der Waals surface area (Å²) >= 11 is 13.4. The van der Waals surface area contributed by atoms with Gasteiger partial charge < -0.3 is 4.74 Å². The Balaban J connectivity index is 1.91. The number of nitrogens with zero attached hydrogens (tertiary/aromatic N) is 2. The standard InChI is InChI=1S/C19H12Cl2F3N3OS/c1-28-12-4-2-10(3-5-12)9-29-18-13(8-25)17(26-27-18)16-14(20)6-11(7-15(16)21)19(22,23)24/h2-7H,9H2,1H3,(H,26,27). The highest BCUT2D eigenvalue weighted by Crippen LogP contribution is 2.42. The molecule has 10 heteroatoms. The van der Waals surface area contributed by atoms with Gasteiger partial charge in [0.05, 0.1) is 28.4 Å². The SMILES string of the molecule is COc1ccc(CSc2n[nH]c(-c3c(Cl)cc(C(F)(F)F)cc3Cl)c2C#N)cc1. The molecule has 0 aliphatic rings. The number of methoxy groups -OCH3 is 1.